The van der Waals surface area contributed by atoms with Crippen molar-refractivity contribution in [3.63, 3.8) is 0 Å². The number of ether oxygens (including phenoxy) is 2. The van der Waals surface area contributed by atoms with E-state index >= 15 is 0 Å². The summed E-state index contributed by atoms with van der Waals surface area (Å²) in [7, 11) is -11.4. The van der Waals surface area contributed by atoms with Crippen LogP contribution in [0.1, 0.15) is 12.6 Å². The zero-order chi connectivity index (χ0) is 32.0. The van der Waals surface area contributed by atoms with Crippen molar-refractivity contribution in [1.82, 2.24) is 24.4 Å². The zero-order valence-electron chi connectivity index (χ0n) is 24.3. The van der Waals surface area contributed by atoms with E-state index in [1.165, 1.54) is 28.2 Å². The molecule has 2 saturated heterocycles. The Labute approximate surface area is 303 Å². The van der Waals surface area contributed by atoms with Gasteiger partial charge in [-0.2, -0.15) is 0 Å². The normalized spacial score (nSPS) is 31.9. The monoisotopic (exact) mass is 709 g/mol. The predicted octanol–water partition coefficient (Wildman–Crippen LogP) is -9.94. The van der Waals surface area contributed by atoms with Gasteiger partial charge in [0.15, 0.2) is 23.9 Å². The maximum Gasteiger partial charge on any atom is 1.00 e. The molecule has 0 bridgehead atoms. The van der Waals surface area contributed by atoms with Crippen LogP contribution in [-0.2, 0) is 36.8 Å². The second-order valence-corrected chi connectivity index (χ2v) is 12.8. The Kier molecular flexibility index (Phi) is 13.6. The third-order valence-electron chi connectivity index (χ3n) is 6.86. The van der Waals surface area contributed by atoms with E-state index < -0.39 is 83.8 Å². The predicted molar refractivity (Wildman–Crippen MR) is 137 cm³/mol. The van der Waals surface area contributed by atoms with Crippen LogP contribution < -0.4 is 80.4 Å². The van der Waals surface area contributed by atoms with E-state index in [0.29, 0.717) is 0 Å². The van der Waals surface area contributed by atoms with E-state index in [0.717, 1.165) is 6.33 Å². The maximum absolute atomic E-state index is 12.3. The number of carbonyl (C=O) groups is 1. The van der Waals surface area contributed by atoms with E-state index in [1.807, 2.05) is 0 Å². The number of phosphoric ester groups is 2. The van der Waals surface area contributed by atoms with Crippen molar-refractivity contribution in [3.8, 4) is 0 Å². The average molecular weight is 709 g/mol. The van der Waals surface area contributed by atoms with Gasteiger partial charge in [0, 0.05) is 18.0 Å². The van der Waals surface area contributed by atoms with Gasteiger partial charge in [0.25, 0.3) is 15.6 Å². The number of phosphoric acid groups is 2. The molecule has 0 spiro atoms. The number of nitrogens with zero attached hydrogens (tertiary/aromatic N) is 5. The number of primary amides is 1. The van der Waals surface area contributed by atoms with Crippen LogP contribution in [0.3, 0.4) is 0 Å². The van der Waals surface area contributed by atoms with Crippen molar-refractivity contribution in [2.24, 2.45) is 5.73 Å². The molecule has 242 valence electrons. The van der Waals surface area contributed by atoms with Crippen LogP contribution in [0.15, 0.2) is 36.7 Å². The number of rotatable bonds is 11. The molecule has 3 aliphatic rings. The van der Waals surface area contributed by atoms with Gasteiger partial charge in [0.1, 0.15) is 48.5 Å². The molecule has 2 aromatic heterocycles. The molecule has 2 fully saturated rings. The number of nitrogen functional groups attached to an aromatic ring is 1. The number of hydrogen-bond acceptors (Lipinski definition) is 19. The van der Waals surface area contributed by atoms with Crippen LogP contribution in [0.5, 0.6) is 0 Å². The quantitative estimate of drug-likeness (QED) is 0.0931. The molecule has 25 heteroatoms. The summed E-state index contributed by atoms with van der Waals surface area (Å²) in [6.07, 6.45) is -5.32. The van der Waals surface area contributed by atoms with Crippen LogP contribution in [0.2, 0.25) is 0 Å². The van der Waals surface area contributed by atoms with Gasteiger partial charge in [-0.3, -0.25) is 18.5 Å². The van der Waals surface area contributed by atoms with E-state index in [9.17, 15) is 44.1 Å². The average Bonchev–Trinajstić information content (AvgIpc) is 3.61. The SMILES string of the molecule is NC(=O)C1=CN([C@@H]2O[C@H](COP(=O)([O-])OP(=O)([O-])OC[C@H]3O[C@@H](n4cnc5c(N)ncnc54)[C@@H](O)C3O)C(O)[C@@H]2O)C=CC1.[Na+].[Na+]. The van der Waals surface area contributed by atoms with Crippen molar-refractivity contribution in [1.29, 1.82) is 0 Å². The van der Waals surface area contributed by atoms with Gasteiger partial charge in [0.05, 0.1) is 19.5 Å². The molecule has 3 aliphatic heterocycles. The number of nitrogens with two attached hydrogens (primary N) is 2. The molecular formula is C21H27N7Na2O14P2. The molecule has 4 unspecified atom stereocenters. The first kappa shape index (κ1) is 39.6. The number of allylic oxidation sites excluding steroid dienone is 1. The van der Waals surface area contributed by atoms with Crippen LogP contribution in [0.25, 0.3) is 11.2 Å². The van der Waals surface area contributed by atoms with Crippen molar-refractivity contribution < 1.29 is 126 Å². The summed E-state index contributed by atoms with van der Waals surface area (Å²) in [6.45, 7) is -1.97. The molecule has 0 saturated carbocycles. The van der Waals surface area contributed by atoms with Crippen LogP contribution in [0.4, 0.5) is 5.82 Å². The fraction of sp³-hybridized carbons (Fsp3) is 0.524. The third-order valence-corrected chi connectivity index (χ3v) is 9.39. The Hall–Kier alpha value is -0.880. The molecule has 8 N–H and O–H groups in total. The number of imidazole rings is 1. The van der Waals surface area contributed by atoms with Crippen molar-refractivity contribution in [2.75, 3.05) is 18.9 Å². The summed E-state index contributed by atoms with van der Waals surface area (Å²) in [6, 6.07) is 0. The van der Waals surface area contributed by atoms with E-state index in [1.54, 1.807) is 6.08 Å². The van der Waals surface area contributed by atoms with Crippen molar-refractivity contribution in [2.45, 2.75) is 55.5 Å². The second kappa shape index (κ2) is 15.8. The van der Waals surface area contributed by atoms with Gasteiger partial charge < -0.3 is 65.1 Å². The molecule has 46 heavy (non-hydrogen) atoms. The Morgan fingerprint density at radius 1 is 0.957 bits per heavy atom. The minimum atomic E-state index is -5.68. The molecule has 1 amide bonds. The number of aromatic nitrogens is 4. The van der Waals surface area contributed by atoms with E-state index in [4.69, 9.17) is 20.9 Å². The number of fused-ring (bicyclic) bond motifs is 1. The van der Waals surface area contributed by atoms with E-state index in [-0.39, 0.29) is 88.1 Å². The maximum atomic E-state index is 12.3. The minimum absolute atomic E-state index is 0. The fourth-order valence-electron chi connectivity index (χ4n) is 4.66. The van der Waals surface area contributed by atoms with Gasteiger partial charge in [-0.05, 0) is 6.42 Å². The fourth-order valence-corrected chi connectivity index (χ4v) is 6.68. The van der Waals surface area contributed by atoms with Crippen molar-refractivity contribution in [3.05, 3.63) is 36.7 Å². The smallest absolute Gasteiger partial charge is 0.756 e. The van der Waals surface area contributed by atoms with Gasteiger partial charge in [-0.15, -0.1) is 0 Å². The molecule has 0 aromatic carbocycles. The van der Waals surface area contributed by atoms with Crippen LogP contribution in [0, 0.1) is 0 Å². The Bertz CT molecular complexity index is 1570. The second-order valence-electron chi connectivity index (χ2n) is 9.80. The summed E-state index contributed by atoms with van der Waals surface area (Å²) < 4.78 is 49.9. The molecule has 10 atom stereocenters. The van der Waals surface area contributed by atoms with Crippen LogP contribution in [-0.4, -0.2) is 107 Å². The summed E-state index contributed by atoms with van der Waals surface area (Å²) in [5.41, 5.74) is 11.5. The first-order valence-electron chi connectivity index (χ1n) is 12.7. The minimum Gasteiger partial charge on any atom is -0.756 e. The Morgan fingerprint density at radius 2 is 1.52 bits per heavy atom. The number of amides is 1. The molecule has 5 rings (SSSR count). The number of hydrogen-bond donors (Lipinski definition) is 6. The Morgan fingerprint density at radius 3 is 2.11 bits per heavy atom. The third kappa shape index (κ3) is 8.64. The molecule has 0 aliphatic carbocycles. The van der Waals surface area contributed by atoms with Crippen LogP contribution >= 0.6 is 15.6 Å². The Balaban J connectivity index is 0.00000288. The van der Waals surface area contributed by atoms with Gasteiger partial charge in [-0.25, -0.2) is 19.3 Å². The first-order chi connectivity index (χ1) is 20.7. The summed E-state index contributed by atoms with van der Waals surface area (Å²) in [5, 5.41) is 41.5. The molecule has 21 nitrogen and oxygen atoms in total. The molecular weight excluding hydrogens is 682 g/mol. The largest absolute Gasteiger partial charge is 1.00 e. The van der Waals surface area contributed by atoms with Gasteiger partial charge in [0.2, 0.25) is 5.91 Å². The van der Waals surface area contributed by atoms with Gasteiger partial charge >= 0.3 is 59.1 Å². The zero-order valence-corrected chi connectivity index (χ0v) is 30.1. The number of aliphatic hydroxyl groups excluding tert-OH is 4. The first-order valence-corrected chi connectivity index (χ1v) is 15.6. The standard InChI is InChI=1S/C21H29N7O14P2.2Na/c22-17-12-19(25-7-24-17)28(8-26-12)21-16(32)14(30)11(41-21)6-39-44(36,37)42-43(34,35)38-5-10-13(29)15(31)20(40-10)27-3-1-2-9(4-27)18(23)33;;/h1,3-4,7-8,10-11,13-16,20-21,29-32H,2,5-6H2,(H2,23,33)(H,34,35)(H,36,37)(H2,22,24,25);;/q;2*+1/p-2/t10-,11-,13?,14?,15+,16+,20-,21-;;/m1../s1. The number of anilines is 1. The molecule has 0 radical (unpaired) electrons. The molecule has 2 aromatic rings. The molecule has 5 heterocycles. The van der Waals surface area contributed by atoms with E-state index in [2.05, 4.69) is 28.3 Å². The summed E-state index contributed by atoms with van der Waals surface area (Å²) >= 11 is 0. The topological polar surface area (TPSA) is 323 Å². The van der Waals surface area contributed by atoms with Gasteiger partial charge in [-0.1, -0.05) is 6.08 Å². The summed E-state index contributed by atoms with van der Waals surface area (Å²) in [4.78, 5) is 49.0. The summed E-state index contributed by atoms with van der Waals surface area (Å²) in [5.74, 6) is -0.686. The number of aliphatic hydroxyl groups is 4. The van der Waals surface area contributed by atoms with Crippen molar-refractivity contribution >= 4 is 38.5 Å². The number of carbonyl (C=O) groups excluding carboxylic acids is 1.